The molecule has 0 atom stereocenters. The normalized spacial score (nSPS) is 8.31. The first-order valence-electron chi connectivity index (χ1n) is 4.32. The van der Waals surface area contributed by atoms with Crippen LogP contribution < -0.4 is 0 Å². The Hall–Kier alpha value is -1.36. The maximum absolute atomic E-state index is 13.0. The molecule has 0 bridgehead atoms. The molecule has 0 N–H and O–H groups in total. The SMILES string of the molecule is CC.Cc1ccc(C#N)c(F)c1C. The lowest BCUT2D eigenvalue weighted by atomic mass is 10.1. The van der Waals surface area contributed by atoms with E-state index in [1.807, 2.05) is 20.8 Å². The molecule has 0 aliphatic heterocycles. The number of hydrogen-bond acceptors (Lipinski definition) is 1. The maximum atomic E-state index is 13.0. The summed E-state index contributed by atoms with van der Waals surface area (Å²) in [5.74, 6) is -0.396. The smallest absolute Gasteiger partial charge is 0.144 e. The summed E-state index contributed by atoms with van der Waals surface area (Å²) in [4.78, 5) is 0. The molecular formula is C11H14FN. The molecule has 1 aromatic carbocycles. The molecule has 0 radical (unpaired) electrons. The fraction of sp³-hybridized carbons (Fsp3) is 0.364. The molecule has 1 rings (SSSR count). The minimum absolute atomic E-state index is 0.119. The number of hydrogen-bond donors (Lipinski definition) is 0. The topological polar surface area (TPSA) is 23.8 Å². The molecule has 13 heavy (non-hydrogen) atoms. The van der Waals surface area contributed by atoms with Gasteiger partial charge in [0.15, 0.2) is 0 Å². The zero-order valence-electron chi connectivity index (χ0n) is 8.48. The number of rotatable bonds is 0. The molecule has 0 aliphatic carbocycles. The standard InChI is InChI=1S/C9H8FN.C2H6/c1-6-3-4-8(5-11)9(10)7(6)2;1-2/h3-4H,1-2H3;1-2H3. The van der Waals surface area contributed by atoms with Crippen molar-refractivity contribution < 1.29 is 4.39 Å². The second-order valence-electron chi connectivity index (χ2n) is 2.48. The number of aryl methyl sites for hydroxylation is 1. The molecule has 0 fully saturated rings. The second-order valence-corrected chi connectivity index (χ2v) is 2.48. The summed E-state index contributed by atoms with van der Waals surface area (Å²) in [6.07, 6.45) is 0. The third-order valence-corrected chi connectivity index (χ3v) is 1.78. The minimum atomic E-state index is -0.396. The van der Waals surface area contributed by atoms with Crippen LogP contribution in [0.25, 0.3) is 0 Å². The molecular weight excluding hydrogens is 165 g/mol. The maximum Gasteiger partial charge on any atom is 0.144 e. The first-order valence-corrected chi connectivity index (χ1v) is 4.32. The summed E-state index contributed by atoms with van der Waals surface area (Å²) in [6, 6.07) is 5.03. The molecule has 0 saturated carbocycles. The van der Waals surface area contributed by atoms with Crippen molar-refractivity contribution in [1.82, 2.24) is 0 Å². The van der Waals surface area contributed by atoms with Gasteiger partial charge in [-0.05, 0) is 31.0 Å². The van der Waals surface area contributed by atoms with E-state index in [0.717, 1.165) is 5.56 Å². The van der Waals surface area contributed by atoms with Crippen molar-refractivity contribution in [1.29, 1.82) is 5.26 Å². The summed E-state index contributed by atoms with van der Waals surface area (Å²) in [7, 11) is 0. The Morgan fingerprint density at radius 3 is 2.23 bits per heavy atom. The van der Waals surface area contributed by atoms with E-state index in [-0.39, 0.29) is 5.56 Å². The van der Waals surface area contributed by atoms with Gasteiger partial charge in [0.1, 0.15) is 11.9 Å². The largest absolute Gasteiger partial charge is 0.205 e. The Kier molecular flexibility index (Phi) is 4.76. The third-order valence-electron chi connectivity index (χ3n) is 1.78. The van der Waals surface area contributed by atoms with Gasteiger partial charge in [-0.25, -0.2) is 4.39 Å². The monoisotopic (exact) mass is 179 g/mol. The molecule has 0 saturated heterocycles. The van der Waals surface area contributed by atoms with Crippen LogP contribution in [0.2, 0.25) is 0 Å². The fourth-order valence-corrected chi connectivity index (χ4v) is 0.868. The van der Waals surface area contributed by atoms with Crippen molar-refractivity contribution in [2.75, 3.05) is 0 Å². The van der Waals surface area contributed by atoms with E-state index >= 15 is 0 Å². The van der Waals surface area contributed by atoms with Gasteiger partial charge in [0.2, 0.25) is 0 Å². The Labute approximate surface area is 78.8 Å². The van der Waals surface area contributed by atoms with Crippen LogP contribution in [0.15, 0.2) is 12.1 Å². The van der Waals surface area contributed by atoms with E-state index in [2.05, 4.69) is 0 Å². The van der Waals surface area contributed by atoms with Crippen LogP contribution >= 0.6 is 0 Å². The van der Waals surface area contributed by atoms with Crippen LogP contribution in [0, 0.1) is 31.0 Å². The predicted octanol–water partition coefficient (Wildman–Crippen LogP) is 3.34. The van der Waals surface area contributed by atoms with Gasteiger partial charge in [0.05, 0.1) is 5.56 Å². The molecule has 0 aromatic heterocycles. The predicted molar refractivity (Wildman–Crippen MR) is 51.9 cm³/mol. The molecule has 0 aliphatic rings. The summed E-state index contributed by atoms with van der Waals surface area (Å²) in [5, 5.41) is 8.44. The molecule has 70 valence electrons. The van der Waals surface area contributed by atoms with Crippen LogP contribution in [-0.2, 0) is 0 Å². The Morgan fingerprint density at radius 2 is 1.77 bits per heavy atom. The Balaban J connectivity index is 0.000000671. The molecule has 1 nitrogen and oxygen atoms in total. The van der Waals surface area contributed by atoms with Gasteiger partial charge < -0.3 is 0 Å². The molecule has 0 unspecified atom stereocenters. The Morgan fingerprint density at radius 1 is 1.23 bits per heavy atom. The average Bonchev–Trinajstić information content (AvgIpc) is 2.18. The third kappa shape index (κ3) is 2.55. The minimum Gasteiger partial charge on any atom is -0.205 e. The van der Waals surface area contributed by atoms with Gasteiger partial charge in [-0.15, -0.1) is 0 Å². The van der Waals surface area contributed by atoms with Crippen LogP contribution in [0.3, 0.4) is 0 Å². The van der Waals surface area contributed by atoms with Crippen LogP contribution in [0.1, 0.15) is 30.5 Å². The highest BCUT2D eigenvalue weighted by molar-refractivity contribution is 5.38. The highest BCUT2D eigenvalue weighted by atomic mass is 19.1. The van der Waals surface area contributed by atoms with E-state index in [0.29, 0.717) is 5.56 Å². The Bertz CT molecular complexity index is 324. The number of nitrogens with zero attached hydrogens (tertiary/aromatic N) is 1. The molecule has 0 spiro atoms. The first-order chi connectivity index (χ1) is 6.16. The summed E-state index contributed by atoms with van der Waals surface area (Å²) >= 11 is 0. The molecule has 1 aromatic rings. The van der Waals surface area contributed by atoms with Crippen molar-refractivity contribution >= 4 is 0 Å². The van der Waals surface area contributed by atoms with Gasteiger partial charge in [-0.3, -0.25) is 0 Å². The molecule has 0 amide bonds. The van der Waals surface area contributed by atoms with E-state index in [9.17, 15) is 4.39 Å². The first kappa shape index (κ1) is 11.6. The summed E-state index contributed by atoms with van der Waals surface area (Å²) in [6.45, 7) is 7.49. The highest BCUT2D eigenvalue weighted by Gasteiger charge is 2.05. The van der Waals surface area contributed by atoms with Gasteiger partial charge in [0.25, 0.3) is 0 Å². The number of benzene rings is 1. The van der Waals surface area contributed by atoms with Crippen LogP contribution in [0.5, 0.6) is 0 Å². The highest BCUT2D eigenvalue weighted by Crippen LogP contribution is 2.14. The van der Waals surface area contributed by atoms with E-state index in [4.69, 9.17) is 5.26 Å². The lowest BCUT2D eigenvalue weighted by Gasteiger charge is -2.00. The van der Waals surface area contributed by atoms with Gasteiger partial charge >= 0.3 is 0 Å². The molecule has 0 heterocycles. The summed E-state index contributed by atoms with van der Waals surface area (Å²) < 4.78 is 13.0. The van der Waals surface area contributed by atoms with Crippen molar-refractivity contribution in [3.05, 3.63) is 34.6 Å². The zero-order valence-corrected chi connectivity index (χ0v) is 8.48. The van der Waals surface area contributed by atoms with Crippen LogP contribution in [-0.4, -0.2) is 0 Å². The van der Waals surface area contributed by atoms with Gasteiger partial charge in [-0.1, -0.05) is 19.9 Å². The lowest BCUT2D eigenvalue weighted by molar-refractivity contribution is 0.613. The van der Waals surface area contributed by atoms with Crippen molar-refractivity contribution in [2.45, 2.75) is 27.7 Å². The number of nitriles is 1. The average molecular weight is 179 g/mol. The van der Waals surface area contributed by atoms with E-state index in [1.165, 1.54) is 6.07 Å². The van der Waals surface area contributed by atoms with Crippen molar-refractivity contribution in [2.24, 2.45) is 0 Å². The number of halogens is 1. The van der Waals surface area contributed by atoms with Gasteiger partial charge in [-0.2, -0.15) is 5.26 Å². The molecule has 2 heteroatoms. The van der Waals surface area contributed by atoms with E-state index in [1.54, 1.807) is 19.1 Å². The fourth-order valence-electron chi connectivity index (χ4n) is 0.868. The van der Waals surface area contributed by atoms with Gasteiger partial charge in [0, 0.05) is 0 Å². The zero-order chi connectivity index (χ0) is 10.4. The van der Waals surface area contributed by atoms with Crippen molar-refractivity contribution in [3.8, 4) is 6.07 Å². The van der Waals surface area contributed by atoms with Crippen molar-refractivity contribution in [3.63, 3.8) is 0 Å². The summed E-state index contributed by atoms with van der Waals surface area (Å²) in [5.41, 5.74) is 1.55. The second kappa shape index (κ2) is 5.31. The lowest BCUT2D eigenvalue weighted by Crippen LogP contribution is -1.90. The van der Waals surface area contributed by atoms with E-state index < -0.39 is 5.82 Å². The van der Waals surface area contributed by atoms with Crippen LogP contribution in [0.4, 0.5) is 4.39 Å². The quantitative estimate of drug-likeness (QED) is 0.599.